The van der Waals surface area contributed by atoms with Gasteiger partial charge in [0.2, 0.25) is 5.16 Å². The fraction of sp³-hybridized carbons (Fsp3) is 0.417. The molecule has 8 heteroatoms. The zero-order valence-electron chi connectivity index (χ0n) is 11.3. The first kappa shape index (κ1) is 13.6. The summed E-state index contributed by atoms with van der Waals surface area (Å²) in [5.74, 6) is 0.806. The van der Waals surface area contributed by atoms with Crippen molar-refractivity contribution in [1.82, 2.24) is 24.6 Å². The topological polar surface area (TPSA) is 84.9 Å². The third-order valence-electron chi connectivity index (χ3n) is 3.07. The zero-order valence-corrected chi connectivity index (χ0v) is 13.0. The standard InChI is InChI=1S/C12H16N6S2/c1-3-8(13)6-9-10(15-12-18(9)4-5-19-12)20-11-14-7(2)16-17-11/h4-5,8H,3,6,13H2,1-2H3,(H,14,16,17). The fourth-order valence-corrected chi connectivity index (χ4v) is 3.60. The number of hydrogen-bond donors (Lipinski definition) is 2. The van der Waals surface area contributed by atoms with E-state index >= 15 is 0 Å². The number of aromatic amines is 1. The van der Waals surface area contributed by atoms with Crippen LogP contribution in [0.1, 0.15) is 24.9 Å². The van der Waals surface area contributed by atoms with Gasteiger partial charge >= 0.3 is 0 Å². The third kappa shape index (κ3) is 2.58. The molecule has 3 aromatic heterocycles. The van der Waals surface area contributed by atoms with Gasteiger partial charge < -0.3 is 5.73 Å². The molecule has 3 aromatic rings. The Balaban J connectivity index is 1.96. The summed E-state index contributed by atoms with van der Waals surface area (Å²) in [7, 11) is 0. The van der Waals surface area contributed by atoms with Crippen LogP contribution in [0.3, 0.4) is 0 Å². The highest BCUT2D eigenvalue weighted by atomic mass is 32.2. The number of rotatable bonds is 5. The summed E-state index contributed by atoms with van der Waals surface area (Å²) in [5.41, 5.74) is 7.25. The third-order valence-corrected chi connectivity index (χ3v) is 4.71. The van der Waals surface area contributed by atoms with E-state index in [0.29, 0.717) is 5.16 Å². The number of imidazole rings is 1. The maximum absolute atomic E-state index is 6.11. The van der Waals surface area contributed by atoms with Crippen LogP contribution in [-0.2, 0) is 6.42 Å². The van der Waals surface area contributed by atoms with Gasteiger partial charge in [-0.1, -0.05) is 6.92 Å². The van der Waals surface area contributed by atoms with Crippen molar-refractivity contribution in [2.75, 3.05) is 0 Å². The molecule has 1 unspecified atom stereocenters. The van der Waals surface area contributed by atoms with Crippen molar-refractivity contribution >= 4 is 28.1 Å². The van der Waals surface area contributed by atoms with Crippen LogP contribution in [0.15, 0.2) is 21.8 Å². The smallest absolute Gasteiger partial charge is 0.214 e. The molecular formula is C12H16N6S2. The van der Waals surface area contributed by atoms with Gasteiger partial charge in [0.05, 0.1) is 5.69 Å². The number of H-pyrrole nitrogens is 1. The van der Waals surface area contributed by atoms with Gasteiger partial charge in [0.1, 0.15) is 10.9 Å². The first-order valence-electron chi connectivity index (χ1n) is 6.44. The molecule has 1 atom stereocenters. The van der Waals surface area contributed by atoms with Crippen LogP contribution in [0, 0.1) is 6.92 Å². The first-order valence-corrected chi connectivity index (χ1v) is 8.14. The van der Waals surface area contributed by atoms with E-state index in [-0.39, 0.29) is 6.04 Å². The molecule has 0 radical (unpaired) electrons. The lowest BCUT2D eigenvalue weighted by Crippen LogP contribution is -2.22. The minimum absolute atomic E-state index is 0.142. The van der Waals surface area contributed by atoms with E-state index in [4.69, 9.17) is 5.73 Å². The van der Waals surface area contributed by atoms with Gasteiger partial charge in [0.25, 0.3) is 0 Å². The van der Waals surface area contributed by atoms with Crippen molar-refractivity contribution in [3.05, 3.63) is 23.1 Å². The second-order valence-corrected chi connectivity index (χ2v) is 6.43. The largest absolute Gasteiger partial charge is 0.327 e. The van der Waals surface area contributed by atoms with Crippen molar-refractivity contribution in [3.8, 4) is 0 Å². The lowest BCUT2D eigenvalue weighted by Gasteiger charge is -2.08. The number of nitrogens with one attached hydrogen (secondary N) is 1. The van der Waals surface area contributed by atoms with Gasteiger partial charge in [0, 0.05) is 24.0 Å². The zero-order chi connectivity index (χ0) is 14.1. The number of aryl methyl sites for hydroxylation is 1. The Hall–Kier alpha value is -1.38. The average Bonchev–Trinajstić information content (AvgIpc) is 3.09. The Bertz CT molecular complexity index is 712. The highest BCUT2D eigenvalue weighted by Gasteiger charge is 2.18. The van der Waals surface area contributed by atoms with Crippen molar-refractivity contribution in [2.24, 2.45) is 5.73 Å². The van der Waals surface area contributed by atoms with Gasteiger partial charge in [0.15, 0.2) is 4.96 Å². The predicted molar refractivity (Wildman–Crippen MR) is 80.3 cm³/mol. The highest BCUT2D eigenvalue weighted by Crippen LogP contribution is 2.30. The Morgan fingerprint density at radius 3 is 3.05 bits per heavy atom. The van der Waals surface area contributed by atoms with Crippen LogP contribution in [-0.4, -0.2) is 30.6 Å². The fourth-order valence-electron chi connectivity index (χ4n) is 1.93. The first-order chi connectivity index (χ1) is 9.67. The van der Waals surface area contributed by atoms with E-state index in [1.807, 2.05) is 18.5 Å². The monoisotopic (exact) mass is 308 g/mol. The molecule has 106 valence electrons. The molecule has 0 fully saturated rings. The molecule has 20 heavy (non-hydrogen) atoms. The van der Waals surface area contributed by atoms with Crippen LogP contribution >= 0.6 is 23.1 Å². The quantitative estimate of drug-likeness (QED) is 0.755. The summed E-state index contributed by atoms with van der Waals surface area (Å²) < 4.78 is 2.11. The SMILES string of the molecule is CCC(N)Cc1c(Sc2n[nH]c(C)n2)nc2sccn12. The van der Waals surface area contributed by atoms with Crippen molar-refractivity contribution in [2.45, 2.75) is 42.9 Å². The molecule has 0 saturated heterocycles. The van der Waals surface area contributed by atoms with E-state index < -0.39 is 0 Å². The van der Waals surface area contributed by atoms with Gasteiger partial charge in [-0.3, -0.25) is 9.50 Å². The molecule has 0 spiro atoms. The minimum atomic E-state index is 0.142. The highest BCUT2D eigenvalue weighted by molar-refractivity contribution is 7.99. The number of fused-ring (bicyclic) bond motifs is 1. The van der Waals surface area contributed by atoms with Crippen molar-refractivity contribution < 1.29 is 0 Å². The summed E-state index contributed by atoms with van der Waals surface area (Å²) in [5, 5.41) is 10.7. The van der Waals surface area contributed by atoms with Gasteiger partial charge in [-0.2, -0.15) is 0 Å². The number of thiazole rings is 1. The molecule has 0 saturated carbocycles. The maximum Gasteiger partial charge on any atom is 0.214 e. The molecular weight excluding hydrogens is 292 g/mol. The normalized spacial score (nSPS) is 13.2. The van der Waals surface area contributed by atoms with Crippen LogP contribution in [0.5, 0.6) is 0 Å². The molecule has 6 nitrogen and oxygen atoms in total. The molecule has 0 aliphatic heterocycles. The molecule has 3 rings (SSSR count). The molecule has 3 N–H and O–H groups in total. The predicted octanol–water partition coefficient (Wildman–Crippen LogP) is 2.25. The van der Waals surface area contributed by atoms with Crippen LogP contribution < -0.4 is 5.73 Å². The summed E-state index contributed by atoms with van der Waals surface area (Å²) in [6, 6.07) is 0.142. The molecule has 0 aromatic carbocycles. The van der Waals surface area contributed by atoms with Crippen LogP contribution in [0.25, 0.3) is 4.96 Å². The summed E-state index contributed by atoms with van der Waals surface area (Å²) in [6.45, 7) is 3.98. The summed E-state index contributed by atoms with van der Waals surface area (Å²) in [6.07, 6.45) is 3.79. The molecule has 0 amide bonds. The van der Waals surface area contributed by atoms with Gasteiger partial charge in [-0.05, 0) is 25.1 Å². The number of nitrogens with two attached hydrogens (primary N) is 1. The van der Waals surface area contributed by atoms with E-state index in [1.54, 1.807) is 11.3 Å². The lowest BCUT2D eigenvalue weighted by atomic mass is 10.1. The van der Waals surface area contributed by atoms with Crippen LogP contribution in [0.4, 0.5) is 0 Å². The molecule has 0 aliphatic carbocycles. The second kappa shape index (κ2) is 5.55. The van der Waals surface area contributed by atoms with Gasteiger partial charge in [-0.15, -0.1) is 16.4 Å². The van der Waals surface area contributed by atoms with E-state index in [9.17, 15) is 0 Å². The molecule has 0 bridgehead atoms. The number of hydrogen-bond acceptors (Lipinski definition) is 6. The number of aromatic nitrogens is 5. The van der Waals surface area contributed by atoms with Gasteiger partial charge in [-0.25, -0.2) is 9.97 Å². The minimum Gasteiger partial charge on any atom is -0.327 e. The lowest BCUT2D eigenvalue weighted by molar-refractivity contribution is 0.627. The Morgan fingerprint density at radius 2 is 2.35 bits per heavy atom. The van der Waals surface area contributed by atoms with Crippen LogP contribution in [0.2, 0.25) is 0 Å². The maximum atomic E-state index is 6.11. The summed E-state index contributed by atoms with van der Waals surface area (Å²) in [4.78, 5) is 9.96. The number of nitrogens with zero attached hydrogens (tertiary/aromatic N) is 4. The van der Waals surface area contributed by atoms with E-state index in [2.05, 4.69) is 31.5 Å². The Kier molecular flexibility index (Phi) is 3.77. The summed E-state index contributed by atoms with van der Waals surface area (Å²) >= 11 is 3.11. The Morgan fingerprint density at radius 1 is 1.50 bits per heavy atom. The molecule has 3 heterocycles. The average molecular weight is 308 g/mol. The van der Waals surface area contributed by atoms with E-state index in [0.717, 1.165) is 34.3 Å². The second-order valence-electron chi connectivity index (χ2n) is 4.60. The van der Waals surface area contributed by atoms with Crippen molar-refractivity contribution in [3.63, 3.8) is 0 Å². The Labute approximate surface area is 124 Å². The van der Waals surface area contributed by atoms with E-state index in [1.165, 1.54) is 11.8 Å². The van der Waals surface area contributed by atoms with Crippen molar-refractivity contribution in [1.29, 1.82) is 0 Å². The molecule has 0 aliphatic rings.